The van der Waals surface area contributed by atoms with E-state index in [0.29, 0.717) is 11.8 Å². The molecule has 72 valence electrons. The van der Waals surface area contributed by atoms with Gasteiger partial charge in [-0.1, -0.05) is 0 Å². The third-order valence-electron chi connectivity index (χ3n) is 2.35. The molecule has 0 radical (unpaired) electrons. The average Bonchev–Trinajstić information content (AvgIpc) is 3.02. The zero-order valence-electron chi connectivity index (χ0n) is 7.97. The van der Waals surface area contributed by atoms with Gasteiger partial charge in [0.1, 0.15) is 12.2 Å². The first-order valence-corrected chi connectivity index (χ1v) is 4.69. The van der Waals surface area contributed by atoms with Gasteiger partial charge < -0.3 is 4.74 Å². The lowest BCUT2D eigenvalue weighted by atomic mass is 10.3. The number of nitriles is 1. The molecule has 1 aromatic rings. The Morgan fingerprint density at radius 1 is 1.50 bits per heavy atom. The van der Waals surface area contributed by atoms with Crippen molar-refractivity contribution in [1.29, 1.82) is 5.26 Å². The van der Waals surface area contributed by atoms with Crippen molar-refractivity contribution in [3.63, 3.8) is 0 Å². The second kappa shape index (κ2) is 3.62. The van der Waals surface area contributed by atoms with E-state index in [0.717, 1.165) is 0 Å². The molecule has 1 heterocycles. The van der Waals surface area contributed by atoms with Crippen LogP contribution in [0.15, 0.2) is 12.4 Å². The van der Waals surface area contributed by atoms with Crippen LogP contribution < -0.4 is 4.74 Å². The zero-order chi connectivity index (χ0) is 9.97. The third-order valence-corrected chi connectivity index (χ3v) is 2.35. The molecule has 1 atom stereocenters. The van der Waals surface area contributed by atoms with Gasteiger partial charge >= 0.3 is 0 Å². The number of hydrogen-bond donors (Lipinski definition) is 0. The van der Waals surface area contributed by atoms with Gasteiger partial charge in [-0.15, -0.1) is 0 Å². The molecule has 0 N–H and O–H groups in total. The van der Waals surface area contributed by atoms with Gasteiger partial charge in [-0.05, 0) is 25.7 Å². The molecule has 0 amide bonds. The Kier molecular flexibility index (Phi) is 2.32. The Morgan fingerprint density at radius 3 is 2.86 bits per heavy atom. The van der Waals surface area contributed by atoms with Gasteiger partial charge in [0.05, 0.1) is 0 Å². The lowest BCUT2D eigenvalue weighted by Crippen LogP contribution is -2.15. The summed E-state index contributed by atoms with van der Waals surface area (Å²) >= 11 is 0. The van der Waals surface area contributed by atoms with Gasteiger partial charge in [0.15, 0.2) is 0 Å². The van der Waals surface area contributed by atoms with Crippen molar-refractivity contribution in [1.82, 2.24) is 9.97 Å². The molecule has 1 aliphatic rings. The predicted molar refractivity (Wildman–Crippen MR) is 49.6 cm³/mol. The van der Waals surface area contributed by atoms with Crippen molar-refractivity contribution in [3.8, 4) is 11.9 Å². The van der Waals surface area contributed by atoms with Crippen molar-refractivity contribution < 1.29 is 4.74 Å². The van der Waals surface area contributed by atoms with Crippen molar-refractivity contribution in [3.05, 3.63) is 18.1 Å². The van der Waals surface area contributed by atoms with E-state index in [1.807, 2.05) is 13.0 Å². The minimum atomic E-state index is 0.138. The SMILES string of the molecule is CC(Oc1nccnc1C#N)C1CC1. The third kappa shape index (κ3) is 1.82. The first-order valence-electron chi connectivity index (χ1n) is 4.69. The highest BCUT2D eigenvalue weighted by Gasteiger charge is 2.30. The number of nitrogens with zero attached hydrogens (tertiary/aromatic N) is 3. The fraction of sp³-hybridized carbons (Fsp3) is 0.500. The van der Waals surface area contributed by atoms with Crippen LogP contribution in [0, 0.1) is 17.2 Å². The van der Waals surface area contributed by atoms with Gasteiger partial charge in [-0.25, -0.2) is 9.97 Å². The summed E-state index contributed by atoms with van der Waals surface area (Å²) < 4.78 is 5.56. The smallest absolute Gasteiger partial charge is 0.251 e. The monoisotopic (exact) mass is 189 g/mol. The van der Waals surface area contributed by atoms with Gasteiger partial charge in [0, 0.05) is 12.4 Å². The molecular weight excluding hydrogens is 178 g/mol. The maximum Gasteiger partial charge on any atom is 0.251 e. The minimum absolute atomic E-state index is 0.138. The summed E-state index contributed by atoms with van der Waals surface area (Å²) in [6, 6.07) is 1.96. The summed E-state index contributed by atoms with van der Waals surface area (Å²) in [5, 5.41) is 8.75. The largest absolute Gasteiger partial charge is 0.472 e. The van der Waals surface area contributed by atoms with E-state index in [1.54, 1.807) is 0 Å². The topological polar surface area (TPSA) is 58.8 Å². The summed E-state index contributed by atoms with van der Waals surface area (Å²) in [7, 11) is 0. The Balaban J connectivity index is 2.11. The molecule has 4 heteroatoms. The highest BCUT2D eigenvalue weighted by molar-refractivity contribution is 5.30. The molecule has 0 aliphatic heterocycles. The van der Waals surface area contributed by atoms with E-state index in [9.17, 15) is 0 Å². The van der Waals surface area contributed by atoms with Crippen LogP contribution in [0.25, 0.3) is 0 Å². The van der Waals surface area contributed by atoms with Crippen molar-refractivity contribution in [2.75, 3.05) is 0 Å². The molecule has 0 spiro atoms. The number of aromatic nitrogens is 2. The summed E-state index contributed by atoms with van der Waals surface area (Å²) in [6.07, 6.45) is 5.59. The molecule has 0 saturated heterocycles. The number of ether oxygens (including phenoxy) is 1. The second-order valence-corrected chi connectivity index (χ2v) is 3.48. The summed E-state index contributed by atoms with van der Waals surface area (Å²) in [6.45, 7) is 2.01. The molecule has 1 unspecified atom stereocenters. The van der Waals surface area contributed by atoms with Crippen molar-refractivity contribution in [2.45, 2.75) is 25.9 Å². The summed E-state index contributed by atoms with van der Waals surface area (Å²) in [5.74, 6) is 0.984. The molecular formula is C10H11N3O. The maximum absolute atomic E-state index is 8.75. The van der Waals surface area contributed by atoms with Crippen LogP contribution >= 0.6 is 0 Å². The Morgan fingerprint density at radius 2 is 2.21 bits per heavy atom. The second-order valence-electron chi connectivity index (χ2n) is 3.48. The first kappa shape index (κ1) is 8.95. The quantitative estimate of drug-likeness (QED) is 0.723. The van der Waals surface area contributed by atoms with Crippen LogP contribution in [0.4, 0.5) is 0 Å². The molecule has 1 saturated carbocycles. The molecule has 14 heavy (non-hydrogen) atoms. The average molecular weight is 189 g/mol. The molecule has 0 aromatic carbocycles. The molecule has 0 bridgehead atoms. The van der Waals surface area contributed by atoms with Crippen LogP contribution in [-0.4, -0.2) is 16.1 Å². The highest BCUT2D eigenvalue weighted by Crippen LogP contribution is 2.34. The summed E-state index contributed by atoms with van der Waals surface area (Å²) in [5.41, 5.74) is 0.264. The number of hydrogen-bond acceptors (Lipinski definition) is 4. The molecule has 4 nitrogen and oxygen atoms in total. The van der Waals surface area contributed by atoms with Crippen LogP contribution in [0.5, 0.6) is 5.88 Å². The standard InChI is InChI=1S/C10H11N3O/c1-7(8-2-3-8)14-10-9(6-11)12-4-5-13-10/h4-5,7-8H,2-3H2,1H3. The van der Waals surface area contributed by atoms with E-state index in [1.165, 1.54) is 25.2 Å². The molecule has 1 fully saturated rings. The van der Waals surface area contributed by atoms with Gasteiger partial charge in [0.2, 0.25) is 5.69 Å². The van der Waals surface area contributed by atoms with Gasteiger partial charge in [0.25, 0.3) is 5.88 Å². The van der Waals surface area contributed by atoms with Crippen molar-refractivity contribution in [2.24, 2.45) is 5.92 Å². The minimum Gasteiger partial charge on any atom is -0.472 e. The molecule has 2 rings (SSSR count). The fourth-order valence-corrected chi connectivity index (χ4v) is 1.33. The molecule has 1 aromatic heterocycles. The van der Waals surface area contributed by atoms with E-state index in [-0.39, 0.29) is 11.8 Å². The maximum atomic E-state index is 8.75. The number of rotatable bonds is 3. The van der Waals surface area contributed by atoms with E-state index in [4.69, 9.17) is 10.00 Å². The normalized spacial score (nSPS) is 17.1. The van der Waals surface area contributed by atoms with Crippen LogP contribution in [0.2, 0.25) is 0 Å². The fourth-order valence-electron chi connectivity index (χ4n) is 1.33. The lowest BCUT2D eigenvalue weighted by Gasteiger charge is -2.12. The molecule has 1 aliphatic carbocycles. The Hall–Kier alpha value is -1.63. The van der Waals surface area contributed by atoms with Gasteiger partial charge in [-0.3, -0.25) is 0 Å². The first-order chi connectivity index (χ1) is 6.81. The Bertz CT molecular complexity index is 368. The summed E-state index contributed by atoms with van der Waals surface area (Å²) in [4.78, 5) is 7.87. The van der Waals surface area contributed by atoms with Crippen LogP contribution in [-0.2, 0) is 0 Å². The highest BCUT2D eigenvalue weighted by atomic mass is 16.5. The predicted octanol–water partition coefficient (Wildman–Crippen LogP) is 1.53. The van der Waals surface area contributed by atoms with Crippen LogP contribution in [0.1, 0.15) is 25.5 Å². The zero-order valence-corrected chi connectivity index (χ0v) is 7.97. The Labute approximate surface area is 82.6 Å². The van der Waals surface area contributed by atoms with E-state index >= 15 is 0 Å². The van der Waals surface area contributed by atoms with Crippen molar-refractivity contribution >= 4 is 0 Å². The lowest BCUT2D eigenvalue weighted by molar-refractivity contribution is 0.188. The van der Waals surface area contributed by atoms with E-state index < -0.39 is 0 Å². The van der Waals surface area contributed by atoms with E-state index in [2.05, 4.69) is 9.97 Å². The van der Waals surface area contributed by atoms with Crippen LogP contribution in [0.3, 0.4) is 0 Å². The van der Waals surface area contributed by atoms with Gasteiger partial charge in [-0.2, -0.15) is 5.26 Å².